The number of halogens is 4. The lowest BCUT2D eigenvalue weighted by atomic mass is 10.2. The first kappa shape index (κ1) is 36.4. The van der Waals surface area contributed by atoms with Gasteiger partial charge in [-0.1, -0.05) is 35.3 Å². The van der Waals surface area contributed by atoms with E-state index in [0.717, 1.165) is 16.5 Å². The molecule has 1 fully saturated rings. The number of hydrogen-bond donors (Lipinski definition) is 1. The van der Waals surface area contributed by atoms with E-state index in [1.54, 1.807) is 31.2 Å². The minimum atomic E-state index is -3.94. The third kappa shape index (κ3) is 8.39. The SMILES string of the molecule is Cc1cc(S(=O)(=O)Nc2ccc(Oc3ccc4cc(C(=O)N5CCN(Cc6ccc(OC(CF)CF)cc6)CC5)n(C)c4c3)nc2)cc(Cl)c1Cl. The number of hydrogen-bond acceptors (Lipinski definition) is 7. The Morgan fingerprint density at radius 3 is 2.29 bits per heavy atom. The van der Waals surface area contributed by atoms with Crippen LogP contribution in [0, 0.1) is 6.92 Å². The Labute approximate surface area is 304 Å². The normalized spacial score (nSPS) is 13.9. The van der Waals surface area contributed by atoms with E-state index in [-0.39, 0.29) is 27.4 Å². The third-order valence-electron chi connectivity index (χ3n) is 8.58. The van der Waals surface area contributed by atoms with Gasteiger partial charge in [0.15, 0.2) is 6.10 Å². The van der Waals surface area contributed by atoms with Crippen LogP contribution < -0.4 is 14.2 Å². The van der Waals surface area contributed by atoms with Gasteiger partial charge in [-0.3, -0.25) is 14.4 Å². The highest BCUT2D eigenvalue weighted by atomic mass is 35.5. The summed E-state index contributed by atoms with van der Waals surface area (Å²) >= 11 is 12.1. The molecule has 0 spiro atoms. The van der Waals surface area contributed by atoms with Crippen LogP contribution in [0.1, 0.15) is 21.6 Å². The number of carbonyl (C=O) groups is 1. The summed E-state index contributed by atoms with van der Waals surface area (Å²) in [5.41, 5.74) is 3.16. The summed E-state index contributed by atoms with van der Waals surface area (Å²) in [6, 6.07) is 20.3. The number of amides is 1. The zero-order valence-corrected chi connectivity index (χ0v) is 30.1. The molecule has 1 aliphatic heterocycles. The molecule has 5 aromatic rings. The van der Waals surface area contributed by atoms with Gasteiger partial charge in [0.1, 0.15) is 30.5 Å². The molecule has 268 valence electrons. The maximum Gasteiger partial charge on any atom is 0.270 e. The number of aryl methyl sites for hydroxylation is 2. The summed E-state index contributed by atoms with van der Waals surface area (Å²) in [6.07, 6.45) is 0.257. The van der Waals surface area contributed by atoms with Crippen LogP contribution in [-0.4, -0.2) is 79.3 Å². The van der Waals surface area contributed by atoms with Crippen molar-refractivity contribution in [1.82, 2.24) is 19.4 Å². The first-order valence-electron chi connectivity index (χ1n) is 16.0. The average Bonchev–Trinajstić information content (AvgIpc) is 3.46. The Morgan fingerprint density at radius 2 is 1.65 bits per heavy atom. The third-order valence-corrected chi connectivity index (χ3v) is 10.8. The lowest BCUT2D eigenvalue weighted by molar-refractivity contribution is 0.0619. The number of rotatable bonds is 12. The fourth-order valence-electron chi connectivity index (χ4n) is 5.76. The van der Waals surface area contributed by atoms with Crippen molar-refractivity contribution < 1.29 is 31.5 Å². The molecule has 0 atom stereocenters. The van der Waals surface area contributed by atoms with Gasteiger partial charge in [0, 0.05) is 57.3 Å². The topological polar surface area (TPSA) is 106 Å². The smallest absolute Gasteiger partial charge is 0.270 e. The number of nitrogens with one attached hydrogen (secondary N) is 1. The lowest BCUT2D eigenvalue weighted by Gasteiger charge is -2.34. The quantitative estimate of drug-likeness (QED) is 0.141. The van der Waals surface area contributed by atoms with Crippen molar-refractivity contribution >= 4 is 55.7 Å². The molecule has 15 heteroatoms. The number of piperazine rings is 1. The van der Waals surface area contributed by atoms with E-state index < -0.39 is 29.5 Å². The highest BCUT2D eigenvalue weighted by molar-refractivity contribution is 7.92. The van der Waals surface area contributed by atoms with Crippen LogP contribution in [-0.2, 0) is 23.6 Å². The van der Waals surface area contributed by atoms with Crippen LogP contribution in [0.15, 0.2) is 83.9 Å². The number of benzene rings is 3. The van der Waals surface area contributed by atoms with Crippen molar-refractivity contribution in [3.05, 3.63) is 106 Å². The van der Waals surface area contributed by atoms with Crippen LogP contribution in [0.2, 0.25) is 10.0 Å². The summed E-state index contributed by atoms with van der Waals surface area (Å²) in [4.78, 5) is 21.9. The molecule has 2 aromatic heterocycles. The standard InChI is InChI=1S/C36H35Cl2F2N5O5S/c1-23-15-30(18-31(37)35(23)38)51(47,48)42-26-6-10-34(41-21-26)50-28-9-5-25-16-33(43(2)32(25)17-28)36(46)45-13-11-44(12-14-45)22-24-3-7-27(8-4-24)49-29(19-39)20-40/h3-10,15-18,21,29,42H,11-14,19-20,22H2,1-2H3. The minimum absolute atomic E-state index is 0.0247. The maximum absolute atomic E-state index is 13.6. The van der Waals surface area contributed by atoms with Crippen molar-refractivity contribution in [3.8, 4) is 17.4 Å². The van der Waals surface area contributed by atoms with Crippen molar-refractivity contribution in [2.75, 3.05) is 44.3 Å². The zero-order valence-electron chi connectivity index (χ0n) is 27.8. The molecule has 0 saturated carbocycles. The summed E-state index contributed by atoms with van der Waals surface area (Å²) in [5, 5.41) is 1.31. The van der Waals surface area contributed by atoms with Gasteiger partial charge in [-0.05, 0) is 66.6 Å². The Morgan fingerprint density at radius 1 is 0.941 bits per heavy atom. The van der Waals surface area contributed by atoms with Gasteiger partial charge in [-0.25, -0.2) is 22.2 Å². The molecule has 3 aromatic carbocycles. The van der Waals surface area contributed by atoms with Crippen molar-refractivity contribution in [2.45, 2.75) is 24.5 Å². The molecular weight excluding hydrogens is 723 g/mol. The van der Waals surface area contributed by atoms with Crippen LogP contribution >= 0.6 is 23.2 Å². The Balaban J connectivity index is 1.05. The van der Waals surface area contributed by atoms with Crippen molar-refractivity contribution in [3.63, 3.8) is 0 Å². The number of pyridine rings is 1. The van der Waals surface area contributed by atoms with E-state index in [1.165, 1.54) is 24.4 Å². The molecular formula is C36H35Cl2F2N5O5S. The molecule has 1 saturated heterocycles. The fraction of sp³-hybridized carbons (Fsp3) is 0.278. The van der Waals surface area contributed by atoms with E-state index in [1.807, 2.05) is 46.8 Å². The number of aromatic nitrogens is 2. The predicted octanol–water partition coefficient (Wildman–Crippen LogP) is 7.43. The average molecular weight is 759 g/mol. The first-order valence-corrected chi connectivity index (χ1v) is 18.3. The predicted molar refractivity (Wildman–Crippen MR) is 193 cm³/mol. The number of sulfonamides is 1. The summed E-state index contributed by atoms with van der Waals surface area (Å²) in [5.74, 6) is 1.10. The van der Waals surface area contributed by atoms with Gasteiger partial charge in [0.25, 0.3) is 15.9 Å². The molecule has 1 amide bonds. The molecule has 0 aliphatic carbocycles. The summed E-state index contributed by atoms with van der Waals surface area (Å²) < 4.78 is 66.9. The van der Waals surface area contributed by atoms with Gasteiger partial charge in [-0.2, -0.15) is 0 Å². The van der Waals surface area contributed by atoms with Crippen LogP contribution in [0.5, 0.6) is 17.4 Å². The number of carbonyl (C=O) groups excluding carboxylic acids is 1. The number of ether oxygens (including phenoxy) is 2. The van der Waals surface area contributed by atoms with E-state index in [9.17, 15) is 22.0 Å². The highest BCUT2D eigenvalue weighted by Gasteiger charge is 2.25. The second-order valence-corrected chi connectivity index (χ2v) is 14.7. The van der Waals surface area contributed by atoms with Crippen LogP contribution in [0.3, 0.4) is 0 Å². The molecule has 10 nitrogen and oxygen atoms in total. The second kappa shape index (κ2) is 15.4. The molecule has 0 unspecified atom stereocenters. The molecule has 0 bridgehead atoms. The first-order chi connectivity index (χ1) is 24.4. The number of fused-ring (bicyclic) bond motifs is 1. The van der Waals surface area contributed by atoms with E-state index in [4.69, 9.17) is 32.7 Å². The Kier molecular flexibility index (Phi) is 11.0. The monoisotopic (exact) mass is 757 g/mol. The van der Waals surface area contributed by atoms with Gasteiger partial charge in [0.05, 0.1) is 32.3 Å². The number of alkyl halides is 2. The van der Waals surface area contributed by atoms with E-state index >= 15 is 0 Å². The zero-order chi connectivity index (χ0) is 36.3. The molecule has 1 aliphatic rings. The molecule has 6 rings (SSSR count). The molecule has 1 N–H and O–H groups in total. The Bertz CT molecular complexity index is 2120. The Hall–Kier alpha value is -4.43. The number of nitrogens with zero attached hydrogens (tertiary/aromatic N) is 4. The second-order valence-electron chi connectivity index (χ2n) is 12.2. The molecule has 0 radical (unpaired) electrons. The number of anilines is 1. The van der Waals surface area contributed by atoms with Crippen molar-refractivity contribution in [2.24, 2.45) is 7.05 Å². The van der Waals surface area contributed by atoms with Gasteiger partial charge >= 0.3 is 0 Å². The van der Waals surface area contributed by atoms with Gasteiger partial charge < -0.3 is 18.9 Å². The summed E-state index contributed by atoms with van der Waals surface area (Å²) in [7, 11) is -2.11. The van der Waals surface area contributed by atoms with Crippen LogP contribution in [0.25, 0.3) is 10.9 Å². The minimum Gasteiger partial charge on any atom is -0.485 e. The molecule has 51 heavy (non-hydrogen) atoms. The largest absolute Gasteiger partial charge is 0.485 e. The van der Waals surface area contributed by atoms with Gasteiger partial charge in [0.2, 0.25) is 5.88 Å². The van der Waals surface area contributed by atoms with E-state index in [2.05, 4.69) is 14.6 Å². The highest BCUT2D eigenvalue weighted by Crippen LogP contribution is 2.31. The van der Waals surface area contributed by atoms with Crippen molar-refractivity contribution in [1.29, 1.82) is 0 Å². The van der Waals surface area contributed by atoms with E-state index in [0.29, 0.717) is 60.5 Å². The lowest BCUT2D eigenvalue weighted by Crippen LogP contribution is -2.48. The summed E-state index contributed by atoms with van der Waals surface area (Å²) in [6.45, 7) is 3.10. The van der Waals surface area contributed by atoms with Gasteiger partial charge in [-0.15, -0.1) is 0 Å². The fourth-order valence-corrected chi connectivity index (χ4v) is 7.36. The maximum atomic E-state index is 13.6. The van der Waals surface area contributed by atoms with Crippen LogP contribution in [0.4, 0.5) is 14.5 Å². The molecule has 3 heterocycles.